The van der Waals surface area contributed by atoms with E-state index < -0.39 is 0 Å². The second kappa shape index (κ2) is 5.86. The number of halogens is 2. The molecule has 3 aliphatic rings. The molecule has 2 aromatic rings. The van der Waals surface area contributed by atoms with Crippen LogP contribution in [0.25, 0.3) is 0 Å². The Bertz CT molecular complexity index is 917. The normalized spacial score (nSPS) is 31.2. The summed E-state index contributed by atoms with van der Waals surface area (Å²) in [5.41, 5.74) is 3.46. The lowest BCUT2D eigenvalue weighted by Crippen LogP contribution is -2.35. The molecule has 26 heavy (non-hydrogen) atoms. The van der Waals surface area contributed by atoms with Crippen LogP contribution in [0.5, 0.6) is 0 Å². The maximum atomic E-state index is 11.3. The predicted octanol–water partition coefficient (Wildman–Crippen LogP) is 6.20. The van der Waals surface area contributed by atoms with Crippen LogP contribution >= 0.6 is 23.2 Å². The summed E-state index contributed by atoms with van der Waals surface area (Å²) in [6, 6.07) is 11.3. The quantitative estimate of drug-likeness (QED) is 0.492. The Morgan fingerprint density at radius 2 is 1.85 bits per heavy atom. The van der Waals surface area contributed by atoms with E-state index in [9.17, 15) is 10.1 Å². The molecule has 6 heteroatoms. The predicted molar refractivity (Wildman–Crippen MR) is 103 cm³/mol. The second-order valence-electron chi connectivity index (χ2n) is 7.76. The molecule has 0 radical (unpaired) electrons. The number of nitrogens with zero attached hydrogens (tertiary/aromatic N) is 1. The van der Waals surface area contributed by atoms with E-state index in [1.807, 2.05) is 24.3 Å². The molecule has 5 atom stereocenters. The highest BCUT2D eigenvalue weighted by atomic mass is 35.5. The molecule has 5 rings (SSSR count). The zero-order valence-corrected chi connectivity index (χ0v) is 15.5. The van der Waals surface area contributed by atoms with Crippen molar-refractivity contribution >= 4 is 34.6 Å². The van der Waals surface area contributed by atoms with Crippen LogP contribution in [-0.4, -0.2) is 4.92 Å². The Labute approximate surface area is 161 Å². The van der Waals surface area contributed by atoms with Gasteiger partial charge in [-0.3, -0.25) is 10.1 Å². The van der Waals surface area contributed by atoms with Gasteiger partial charge in [-0.2, -0.15) is 0 Å². The van der Waals surface area contributed by atoms with E-state index >= 15 is 0 Å². The summed E-state index contributed by atoms with van der Waals surface area (Å²) in [5, 5.41) is 16.0. The monoisotopic (exact) mass is 388 g/mol. The third kappa shape index (κ3) is 2.35. The minimum Gasteiger partial charge on any atom is -0.378 e. The van der Waals surface area contributed by atoms with Gasteiger partial charge < -0.3 is 5.32 Å². The molecule has 0 amide bonds. The Kier molecular flexibility index (Phi) is 3.70. The lowest BCUT2D eigenvalue weighted by atomic mass is 9.68. The van der Waals surface area contributed by atoms with E-state index in [0.717, 1.165) is 16.8 Å². The summed E-state index contributed by atoms with van der Waals surface area (Å²) in [6.45, 7) is 0. The first-order valence-corrected chi connectivity index (χ1v) is 9.78. The summed E-state index contributed by atoms with van der Waals surface area (Å²) in [7, 11) is 0. The lowest BCUT2D eigenvalue weighted by Gasteiger charge is -2.43. The highest BCUT2D eigenvalue weighted by molar-refractivity contribution is 6.42. The minimum absolute atomic E-state index is 0.166. The summed E-state index contributed by atoms with van der Waals surface area (Å²) < 4.78 is 0. The van der Waals surface area contributed by atoms with E-state index in [-0.39, 0.29) is 16.7 Å². The van der Waals surface area contributed by atoms with Crippen molar-refractivity contribution in [2.75, 3.05) is 5.32 Å². The molecule has 1 aliphatic heterocycles. The molecule has 2 aromatic carbocycles. The fourth-order valence-corrected chi connectivity index (χ4v) is 5.93. The fraction of sp³-hybridized carbons (Fsp3) is 0.400. The smallest absolute Gasteiger partial charge is 0.269 e. The van der Waals surface area contributed by atoms with Crippen molar-refractivity contribution < 1.29 is 4.92 Å². The highest BCUT2D eigenvalue weighted by Crippen LogP contribution is 2.64. The van der Waals surface area contributed by atoms with Crippen LogP contribution in [0.3, 0.4) is 0 Å². The third-order valence-corrected chi connectivity index (χ3v) is 7.32. The molecule has 0 aromatic heterocycles. The van der Waals surface area contributed by atoms with Crippen LogP contribution in [0, 0.1) is 27.9 Å². The van der Waals surface area contributed by atoms with Gasteiger partial charge in [-0.15, -0.1) is 0 Å². The van der Waals surface area contributed by atoms with Gasteiger partial charge in [0.05, 0.1) is 21.0 Å². The topological polar surface area (TPSA) is 55.2 Å². The van der Waals surface area contributed by atoms with Gasteiger partial charge in [-0.25, -0.2) is 0 Å². The van der Waals surface area contributed by atoms with Crippen molar-refractivity contribution in [2.24, 2.45) is 17.8 Å². The molecule has 2 bridgehead atoms. The van der Waals surface area contributed by atoms with E-state index in [0.29, 0.717) is 33.7 Å². The first-order chi connectivity index (χ1) is 12.5. The van der Waals surface area contributed by atoms with Gasteiger partial charge in [0.1, 0.15) is 0 Å². The molecule has 134 valence electrons. The Morgan fingerprint density at radius 3 is 2.62 bits per heavy atom. The number of nitro benzene ring substituents is 1. The highest BCUT2D eigenvalue weighted by Gasteiger charge is 2.54. The minimum atomic E-state index is -0.298. The van der Waals surface area contributed by atoms with Crippen LogP contribution in [0.1, 0.15) is 42.3 Å². The number of fused-ring (bicyclic) bond motifs is 7. The molecule has 0 saturated heterocycles. The van der Waals surface area contributed by atoms with Crippen molar-refractivity contribution in [3.05, 3.63) is 67.7 Å². The zero-order chi connectivity index (χ0) is 18.0. The van der Waals surface area contributed by atoms with Gasteiger partial charge in [0.25, 0.3) is 5.69 Å². The van der Waals surface area contributed by atoms with Gasteiger partial charge in [-0.05, 0) is 72.3 Å². The van der Waals surface area contributed by atoms with Crippen molar-refractivity contribution in [2.45, 2.75) is 31.2 Å². The summed E-state index contributed by atoms with van der Waals surface area (Å²) in [6.07, 6.45) is 3.69. The molecule has 2 aliphatic carbocycles. The molecule has 4 nitrogen and oxygen atoms in total. The molecule has 1 heterocycles. The zero-order valence-electron chi connectivity index (χ0n) is 14.0. The number of nitrogens with one attached hydrogen (secondary N) is 1. The van der Waals surface area contributed by atoms with Gasteiger partial charge in [0, 0.05) is 17.8 Å². The maximum Gasteiger partial charge on any atom is 0.269 e. The van der Waals surface area contributed by atoms with Gasteiger partial charge in [0.15, 0.2) is 0 Å². The van der Waals surface area contributed by atoms with Crippen molar-refractivity contribution in [3.8, 4) is 0 Å². The third-order valence-electron chi connectivity index (χ3n) is 6.58. The standard InChI is InChI=1S/C20H18Cl2N2O2/c21-15-5-3-12(8-16(15)22)20-19-11-2-1-10(7-11)18(19)14-9-13(24(25)26)4-6-17(14)23-20/h3-6,8-11,18-20,23H,1-2,7H2/t10-,11-,18-,19-,20-/m0/s1. The van der Waals surface area contributed by atoms with Crippen LogP contribution in [0.15, 0.2) is 36.4 Å². The average molecular weight is 389 g/mol. The van der Waals surface area contributed by atoms with Gasteiger partial charge in [-0.1, -0.05) is 29.3 Å². The van der Waals surface area contributed by atoms with Crippen molar-refractivity contribution in [3.63, 3.8) is 0 Å². The summed E-state index contributed by atoms with van der Waals surface area (Å²) in [4.78, 5) is 11.0. The van der Waals surface area contributed by atoms with Crippen LogP contribution in [0.2, 0.25) is 10.0 Å². The SMILES string of the molecule is O=[N+]([O-])c1ccc2c(c1)[C@@H]1[C@H]3CC[C@@H](C3)[C@@H]1[C@H](c1ccc(Cl)c(Cl)c1)N2. The number of benzene rings is 2. The summed E-state index contributed by atoms with van der Waals surface area (Å²) >= 11 is 12.4. The number of nitro groups is 1. The van der Waals surface area contributed by atoms with E-state index in [1.165, 1.54) is 19.3 Å². The molecule has 0 spiro atoms. The van der Waals surface area contributed by atoms with E-state index in [4.69, 9.17) is 23.2 Å². The van der Waals surface area contributed by atoms with Crippen molar-refractivity contribution in [1.82, 2.24) is 0 Å². The fourth-order valence-electron chi connectivity index (χ4n) is 5.62. The van der Waals surface area contributed by atoms with E-state index in [1.54, 1.807) is 12.1 Å². The summed E-state index contributed by atoms with van der Waals surface area (Å²) in [5.74, 6) is 2.10. The molecular formula is C20H18Cl2N2O2. The number of rotatable bonds is 2. The van der Waals surface area contributed by atoms with Gasteiger partial charge >= 0.3 is 0 Å². The Hall–Kier alpha value is -1.78. The van der Waals surface area contributed by atoms with Crippen LogP contribution in [-0.2, 0) is 0 Å². The first kappa shape index (κ1) is 16.4. The van der Waals surface area contributed by atoms with Crippen molar-refractivity contribution in [1.29, 1.82) is 0 Å². The molecular weight excluding hydrogens is 371 g/mol. The van der Waals surface area contributed by atoms with E-state index in [2.05, 4.69) is 5.32 Å². The average Bonchev–Trinajstić information content (AvgIpc) is 3.25. The van der Waals surface area contributed by atoms with Crippen LogP contribution in [0.4, 0.5) is 11.4 Å². The molecule has 0 unspecified atom stereocenters. The number of anilines is 1. The maximum absolute atomic E-state index is 11.3. The van der Waals surface area contributed by atoms with Gasteiger partial charge in [0.2, 0.25) is 0 Å². The second-order valence-corrected chi connectivity index (χ2v) is 8.57. The Balaban J connectivity index is 1.63. The lowest BCUT2D eigenvalue weighted by molar-refractivity contribution is -0.384. The number of non-ortho nitro benzene ring substituents is 1. The Morgan fingerprint density at radius 1 is 1.04 bits per heavy atom. The molecule has 1 N–H and O–H groups in total. The first-order valence-electron chi connectivity index (χ1n) is 9.03. The number of hydrogen-bond acceptors (Lipinski definition) is 3. The van der Waals surface area contributed by atoms with Crippen LogP contribution < -0.4 is 5.32 Å². The number of hydrogen-bond donors (Lipinski definition) is 1. The molecule has 2 saturated carbocycles. The molecule has 2 fully saturated rings. The largest absolute Gasteiger partial charge is 0.378 e.